The molecule has 2 amide bonds. The number of H-pyrrole nitrogens is 2. The van der Waals surface area contributed by atoms with E-state index >= 15 is 0 Å². The Morgan fingerprint density at radius 2 is 1.75 bits per heavy atom. The standard InChI is InChI=1S/C17H14BrN5O5/c18-9-4-5-14(26)23(7-9)8-13(25)19-6-12(24)20-11-3-1-2-10-15(11)17(28)22-21-16(10)27/h1-5,7H,6,8H2,(H,19,25)(H,20,24)(H,21,27)(H,22,28). The fourth-order valence-corrected chi connectivity index (χ4v) is 2.92. The SMILES string of the molecule is O=C(Cn1cc(Br)ccc1=O)NCC(=O)Nc1cccc2c(=O)[nH][nH]c(=O)c12. The monoisotopic (exact) mass is 447 g/mol. The van der Waals surface area contributed by atoms with Crippen molar-refractivity contribution in [1.29, 1.82) is 0 Å². The Bertz CT molecular complexity index is 1240. The third kappa shape index (κ3) is 4.26. The van der Waals surface area contributed by atoms with Gasteiger partial charge >= 0.3 is 0 Å². The Kier molecular flexibility index (Phi) is 5.54. The highest BCUT2D eigenvalue weighted by Gasteiger charge is 2.12. The summed E-state index contributed by atoms with van der Waals surface area (Å²) in [5.74, 6) is -1.13. The zero-order valence-electron chi connectivity index (χ0n) is 14.2. The van der Waals surface area contributed by atoms with Crippen molar-refractivity contribution >= 4 is 44.2 Å². The first-order valence-electron chi connectivity index (χ1n) is 8.01. The quantitative estimate of drug-likeness (QED) is 0.431. The summed E-state index contributed by atoms with van der Waals surface area (Å²) in [5, 5.41) is 9.43. The predicted molar refractivity (Wildman–Crippen MR) is 105 cm³/mol. The first-order valence-corrected chi connectivity index (χ1v) is 8.80. The number of carbonyl (C=O) groups excluding carboxylic acids is 2. The van der Waals surface area contributed by atoms with E-state index in [1.165, 1.54) is 35.0 Å². The van der Waals surface area contributed by atoms with E-state index in [9.17, 15) is 24.0 Å². The zero-order chi connectivity index (χ0) is 20.3. The maximum absolute atomic E-state index is 12.1. The second kappa shape index (κ2) is 8.05. The van der Waals surface area contributed by atoms with E-state index in [1.54, 1.807) is 6.07 Å². The van der Waals surface area contributed by atoms with Gasteiger partial charge in [-0.15, -0.1) is 0 Å². The van der Waals surface area contributed by atoms with Crippen molar-refractivity contribution in [3.8, 4) is 0 Å². The van der Waals surface area contributed by atoms with Gasteiger partial charge in [0.1, 0.15) is 6.54 Å². The number of carbonyl (C=O) groups is 2. The van der Waals surface area contributed by atoms with Crippen molar-refractivity contribution in [2.24, 2.45) is 0 Å². The molecule has 2 aromatic heterocycles. The Labute approximate surface area is 164 Å². The van der Waals surface area contributed by atoms with Crippen molar-refractivity contribution in [1.82, 2.24) is 20.1 Å². The molecule has 144 valence electrons. The van der Waals surface area contributed by atoms with Crippen LogP contribution in [0.15, 0.2) is 55.4 Å². The third-order valence-electron chi connectivity index (χ3n) is 3.81. The van der Waals surface area contributed by atoms with Gasteiger partial charge < -0.3 is 15.2 Å². The molecule has 1 aromatic carbocycles. The maximum atomic E-state index is 12.1. The van der Waals surface area contributed by atoms with Gasteiger partial charge in [-0.3, -0.25) is 34.2 Å². The number of hydrogen-bond donors (Lipinski definition) is 4. The molecule has 3 rings (SSSR count). The Hall–Kier alpha value is -3.47. The number of hydrogen-bond acceptors (Lipinski definition) is 5. The van der Waals surface area contributed by atoms with Crippen LogP contribution in [-0.4, -0.2) is 33.1 Å². The Morgan fingerprint density at radius 3 is 2.54 bits per heavy atom. The molecule has 0 aliphatic carbocycles. The van der Waals surface area contributed by atoms with E-state index in [4.69, 9.17) is 0 Å². The minimum atomic E-state index is -0.595. The van der Waals surface area contributed by atoms with Crippen molar-refractivity contribution in [3.63, 3.8) is 0 Å². The van der Waals surface area contributed by atoms with Gasteiger partial charge in [0.15, 0.2) is 0 Å². The summed E-state index contributed by atoms with van der Waals surface area (Å²) < 4.78 is 1.82. The van der Waals surface area contributed by atoms with Crippen LogP contribution in [-0.2, 0) is 16.1 Å². The molecule has 0 spiro atoms. The molecule has 0 saturated carbocycles. The van der Waals surface area contributed by atoms with E-state index in [0.29, 0.717) is 4.47 Å². The molecule has 0 radical (unpaired) electrons. The Morgan fingerprint density at radius 1 is 1.00 bits per heavy atom. The summed E-state index contributed by atoms with van der Waals surface area (Å²) in [4.78, 5) is 59.6. The number of anilines is 1. The van der Waals surface area contributed by atoms with Crippen molar-refractivity contribution < 1.29 is 9.59 Å². The van der Waals surface area contributed by atoms with Crippen LogP contribution in [0.5, 0.6) is 0 Å². The van der Waals surface area contributed by atoms with E-state index < -0.39 is 22.9 Å². The molecule has 0 saturated heterocycles. The molecule has 0 fully saturated rings. The number of aromatic nitrogens is 3. The lowest BCUT2D eigenvalue weighted by atomic mass is 10.1. The molecule has 0 aliphatic heterocycles. The van der Waals surface area contributed by atoms with Crippen molar-refractivity contribution in [3.05, 3.63) is 72.1 Å². The molecular weight excluding hydrogens is 434 g/mol. The smallest absolute Gasteiger partial charge is 0.272 e. The predicted octanol–water partition coefficient (Wildman–Crippen LogP) is -0.105. The highest BCUT2D eigenvalue weighted by Crippen LogP contribution is 2.16. The largest absolute Gasteiger partial charge is 0.345 e. The van der Waals surface area contributed by atoms with Gasteiger partial charge in [-0.2, -0.15) is 0 Å². The highest BCUT2D eigenvalue weighted by molar-refractivity contribution is 9.10. The van der Waals surface area contributed by atoms with Gasteiger partial charge in [0, 0.05) is 16.7 Å². The topological polar surface area (TPSA) is 146 Å². The van der Waals surface area contributed by atoms with Crippen molar-refractivity contribution in [2.45, 2.75) is 6.54 Å². The number of nitrogens with one attached hydrogen (secondary N) is 4. The van der Waals surface area contributed by atoms with Crippen LogP contribution in [0.2, 0.25) is 0 Å². The summed E-state index contributed by atoms with van der Waals surface area (Å²) in [6.07, 6.45) is 1.46. The highest BCUT2D eigenvalue weighted by atomic mass is 79.9. The molecule has 0 unspecified atom stereocenters. The number of nitrogens with zero attached hydrogens (tertiary/aromatic N) is 1. The number of aromatic amines is 2. The Balaban J connectivity index is 1.67. The number of rotatable bonds is 5. The second-order valence-electron chi connectivity index (χ2n) is 5.77. The van der Waals surface area contributed by atoms with Gasteiger partial charge in [0.2, 0.25) is 11.8 Å². The normalized spacial score (nSPS) is 10.6. The van der Waals surface area contributed by atoms with Gasteiger partial charge in [0.25, 0.3) is 16.7 Å². The minimum absolute atomic E-state index is 0.0339. The summed E-state index contributed by atoms with van der Waals surface area (Å²) in [5.41, 5.74) is -1.28. The van der Waals surface area contributed by atoms with E-state index in [0.717, 1.165) is 0 Å². The average molecular weight is 448 g/mol. The molecule has 10 nitrogen and oxygen atoms in total. The van der Waals surface area contributed by atoms with Crippen LogP contribution >= 0.6 is 15.9 Å². The van der Waals surface area contributed by atoms with Gasteiger partial charge in [-0.1, -0.05) is 6.07 Å². The summed E-state index contributed by atoms with van der Waals surface area (Å²) in [7, 11) is 0. The van der Waals surface area contributed by atoms with Crippen LogP contribution in [0.1, 0.15) is 0 Å². The van der Waals surface area contributed by atoms with Crippen LogP contribution in [0.4, 0.5) is 5.69 Å². The van der Waals surface area contributed by atoms with Crippen LogP contribution in [0, 0.1) is 0 Å². The lowest BCUT2D eigenvalue weighted by molar-refractivity contribution is -0.124. The average Bonchev–Trinajstić information content (AvgIpc) is 2.66. The number of halogens is 1. The van der Waals surface area contributed by atoms with Crippen LogP contribution < -0.4 is 27.3 Å². The molecule has 28 heavy (non-hydrogen) atoms. The number of amides is 2. The molecule has 4 N–H and O–H groups in total. The van der Waals surface area contributed by atoms with E-state index in [-0.39, 0.29) is 35.1 Å². The van der Waals surface area contributed by atoms with Gasteiger partial charge in [0.05, 0.1) is 23.0 Å². The lowest BCUT2D eigenvalue weighted by Gasteiger charge is -2.09. The molecule has 3 aromatic rings. The first-order chi connectivity index (χ1) is 13.3. The zero-order valence-corrected chi connectivity index (χ0v) is 15.8. The number of fused-ring (bicyclic) bond motifs is 1. The molecule has 0 bridgehead atoms. The summed E-state index contributed by atoms with van der Waals surface area (Å²) in [6, 6.07) is 7.31. The van der Waals surface area contributed by atoms with Gasteiger partial charge in [-0.05, 0) is 34.1 Å². The van der Waals surface area contributed by atoms with E-state index in [2.05, 4.69) is 36.8 Å². The van der Waals surface area contributed by atoms with Gasteiger partial charge in [-0.25, -0.2) is 0 Å². The summed E-state index contributed by atoms with van der Waals surface area (Å²) in [6.45, 7) is -0.631. The van der Waals surface area contributed by atoms with Crippen LogP contribution in [0.25, 0.3) is 10.8 Å². The van der Waals surface area contributed by atoms with Crippen LogP contribution in [0.3, 0.4) is 0 Å². The molecule has 2 heterocycles. The maximum Gasteiger partial charge on any atom is 0.272 e. The second-order valence-corrected chi connectivity index (χ2v) is 6.69. The summed E-state index contributed by atoms with van der Waals surface area (Å²) >= 11 is 3.21. The fraction of sp³-hybridized carbons (Fsp3) is 0.118. The third-order valence-corrected chi connectivity index (χ3v) is 4.28. The number of benzene rings is 1. The molecule has 11 heteroatoms. The lowest BCUT2D eigenvalue weighted by Crippen LogP contribution is -2.37. The van der Waals surface area contributed by atoms with Crippen molar-refractivity contribution in [2.75, 3.05) is 11.9 Å². The first kappa shape index (κ1) is 19.3. The molecule has 0 atom stereocenters. The fourth-order valence-electron chi connectivity index (χ4n) is 2.54. The molecule has 0 aliphatic rings. The van der Waals surface area contributed by atoms with E-state index in [1.807, 2.05) is 0 Å². The number of pyridine rings is 1. The molecular formula is C17H14BrN5O5. The minimum Gasteiger partial charge on any atom is -0.345 e.